The van der Waals surface area contributed by atoms with Gasteiger partial charge in [-0.3, -0.25) is 9.89 Å². The lowest BCUT2D eigenvalue weighted by Gasteiger charge is -2.36. The van der Waals surface area contributed by atoms with Crippen LogP contribution in [0.3, 0.4) is 0 Å². The van der Waals surface area contributed by atoms with E-state index >= 15 is 0 Å². The minimum atomic E-state index is 0.454. The summed E-state index contributed by atoms with van der Waals surface area (Å²) in [6.45, 7) is 14.0. The van der Waals surface area contributed by atoms with Crippen molar-refractivity contribution >= 4 is 5.96 Å². The van der Waals surface area contributed by atoms with Crippen LogP contribution >= 0.6 is 0 Å². The average Bonchev–Trinajstić information content (AvgIpc) is 2.97. The highest BCUT2D eigenvalue weighted by molar-refractivity contribution is 5.79. The summed E-state index contributed by atoms with van der Waals surface area (Å²) < 4.78 is 7.87. The zero-order valence-corrected chi connectivity index (χ0v) is 19.2. The minimum absolute atomic E-state index is 0.454. The second-order valence-electron chi connectivity index (χ2n) is 8.70. The molecule has 0 radical (unpaired) electrons. The first-order valence-electron chi connectivity index (χ1n) is 11.9. The third-order valence-electron chi connectivity index (χ3n) is 6.12. The zero-order valence-electron chi connectivity index (χ0n) is 19.2. The summed E-state index contributed by atoms with van der Waals surface area (Å²) in [5.74, 6) is 3.80. The number of ether oxygens (including phenoxy) is 1. The minimum Gasteiger partial charge on any atom is -0.379 e. The first kappa shape index (κ1) is 23.0. The van der Waals surface area contributed by atoms with Gasteiger partial charge in [0.25, 0.3) is 0 Å². The molecule has 2 aliphatic heterocycles. The molecule has 0 saturated carbocycles. The van der Waals surface area contributed by atoms with Gasteiger partial charge >= 0.3 is 0 Å². The van der Waals surface area contributed by atoms with E-state index in [1.54, 1.807) is 0 Å². The first-order chi connectivity index (χ1) is 14.7. The van der Waals surface area contributed by atoms with E-state index in [0.29, 0.717) is 12.0 Å². The molecular weight excluding hydrogens is 378 g/mol. The second-order valence-corrected chi connectivity index (χ2v) is 8.70. The van der Waals surface area contributed by atoms with E-state index in [9.17, 15) is 0 Å². The van der Waals surface area contributed by atoms with Crippen LogP contribution in [0.25, 0.3) is 0 Å². The number of nitrogens with zero attached hydrogens (tertiary/aromatic N) is 5. The molecule has 3 heterocycles. The number of guanidine groups is 1. The summed E-state index contributed by atoms with van der Waals surface area (Å²) in [7, 11) is 0. The second kappa shape index (κ2) is 12.2. The predicted octanol–water partition coefficient (Wildman–Crippen LogP) is 1.85. The summed E-state index contributed by atoms with van der Waals surface area (Å²) in [6.07, 6.45) is 6.84. The van der Waals surface area contributed by atoms with Crippen LogP contribution in [0.1, 0.15) is 58.1 Å². The number of rotatable bonds is 9. The molecule has 8 heteroatoms. The van der Waals surface area contributed by atoms with Crippen LogP contribution in [0.2, 0.25) is 0 Å². The van der Waals surface area contributed by atoms with E-state index < -0.39 is 0 Å². The molecule has 0 aliphatic carbocycles. The number of aromatic nitrogens is 3. The molecule has 1 saturated heterocycles. The molecule has 0 bridgehead atoms. The Labute approximate surface area is 181 Å². The average molecular weight is 420 g/mol. The summed E-state index contributed by atoms with van der Waals surface area (Å²) in [6, 6.07) is 0.454. The van der Waals surface area contributed by atoms with Gasteiger partial charge in [0.15, 0.2) is 5.96 Å². The van der Waals surface area contributed by atoms with E-state index in [-0.39, 0.29) is 0 Å². The maximum Gasteiger partial charge on any atom is 0.191 e. The molecule has 1 atom stereocenters. The lowest BCUT2D eigenvalue weighted by molar-refractivity contribution is 0.00867. The van der Waals surface area contributed by atoms with E-state index in [2.05, 4.69) is 51.1 Å². The number of hydrogen-bond acceptors (Lipinski definition) is 5. The van der Waals surface area contributed by atoms with Gasteiger partial charge in [0.2, 0.25) is 0 Å². The predicted molar refractivity (Wildman–Crippen MR) is 121 cm³/mol. The molecule has 1 aromatic rings. The number of aliphatic imine (C=N–C) groups is 1. The topological polar surface area (TPSA) is 79.6 Å². The van der Waals surface area contributed by atoms with Gasteiger partial charge in [-0.25, -0.2) is 0 Å². The van der Waals surface area contributed by atoms with Crippen LogP contribution in [-0.4, -0.2) is 77.6 Å². The lowest BCUT2D eigenvalue weighted by atomic mass is 10.0. The van der Waals surface area contributed by atoms with Crippen molar-refractivity contribution in [1.29, 1.82) is 0 Å². The van der Waals surface area contributed by atoms with Crippen molar-refractivity contribution in [2.24, 2.45) is 10.9 Å². The Morgan fingerprint density at radius 1 is 1.10 bits per heavy atom. The smallest absolute Gasteiger partial charge is 0.191 e. The fourth-order valence-corrected chi connectivity index (χ4v) is 4.37. The highest BCUT2D eigenvalue weighted by Gasteiger charge is 2.23. The highest BCUT2D eigenvalue weighted by Crippen LogP contribution is 2.15. The van der Waals surface area contributed by atoms with Crippen LogP contribution in [0.15, 0.2) is 4.99 Å². The molecule has 8 nitrogen and oxygen atoms in total. The number of hydrogen-bond donors (Lipinski definition) is 2. The summed E-state index contributed by atoms with van der Waals surface area (Å²) >= 11 is 0. The van der Waals surface area contributed by atoms with Gasteiger partial charge in [-0.15, -0.1) is 10.2 Å². The Morgan fingerprint density at radius 3 is 2.70 bits per heavy atom. The van der Waals surface area contributed by atoms with Gasteiger partial charge in [0, 0.05) is 51.6 Å². The van der Waals surface area contributed by atoms with Crippen molar-refractivity contribution in [3.63, 3.8) is 0 Å². The van der Waals surface area contributed by atoms with Gasteiger partial charge in [-0.2, -0.15) is 0 Å². The summed E-state index contributed by atoms with van der Waals surface area (Å²) in [4.78, 5) is 7.43. The van der Waals surface area contributed by atoms with Crippen LogP contribution in [-0.2, 0) is 24.1 Å². The Morgan fingerprint density at radius 2 is 1.93 bits per heavy atom. The Kier molecular flexibility index (Phi) is 9.39. The highest BCUT2D eigenvalue weighted by atomic mass is 16.5. The van der Waals surface area contributed by atoms with Crippen LogP contribution in [0, 0.1) is 5.92 Å². The van der Waals surface area contributed by atoms with E-state index in [1.807, 2.05) is 0 Å². The Balaban J connectivity index is 1.48. The number of fused-ring (bicyclic) bond motifs is 1. The Hall–Kier alpha value is -1.67. The monoisotopic (exact) mass is 419 g/mol. The molecule has 170 valence electrons. The SMILES string of the molecule is CCNC(=NCC(C(C)C)N1CCOCC1)NCCCc1nnc2n1CCCCC2. The van der Waals surface area contributed by atoms with Crippen molar-refractivity contribution in [2.75, 3.05) is 45.9 Å². The molecule has 2 N–H and O–H groups in total. The van der Waals surface area contributed by atoms with Gasteiger partial charge in [-0.1, -0.05) is 20.3 Å². The normalized spacial score (nSPS) is 19.4. The molecule has 3 rings (SSSR count). The van der Waals surface area contributed by atoms with Gasteiger partial charge in [0.05, 0.1) is 19.8 Å². The van der Waals surface area contributed by atoms with Gasteiger partial charge < -0.3 is 19.9 Å². The van der Waals surface area contributed by atoms with Crippen molar-refractivity contribution in [3.8, 4) is 0 Å². The summed E-state index contributed by atoms with van der Waals surface area (Å²) in [5, 5.41) is 15.8. The molecule has 0 amide bonds. The maximum absolute atomic E-state index is 5.52. The number of morpholine rings is 1. The fourth-order valence-electron chi connectivity index (χ4n) is 4.37. The molecule has 1 unspecified atom stereocenters. The largest absolute Gasteiger partial charge is 0.379 e. The molecular formula is C22H41N7O. The van der Waals surface area contributed by atoms with Crippen molar-refractivity contribution < 1.29 is 4.74 Å². The molecule has 2 aliphatic rings. The lowest BCUT2D eigenvalue weighted by Crippen LogP contribution is -2.48. The summed E-state index contributed by atoms with van der Waals surface area (Å²) in [5.41, 5.74) is 0. The molecule has 30 heavy (non-hydrogen) atoms. The van der Waals surface area contributed by atoms with Crippen LogP contribution < -0.4 is 10.6 Å². The zero-order chi connectivity index (χ0) is 21.2. The quantitative estimate of drug-likeness (QED) is 0.361. The number of nitrogens with one attached hydrogen (secondary N) is 2. The van der Waals surface area contributed by atoms with Crippen molar-refractivity contribution in [2.45, 2.75) is 71.9 Å². The van der Waals surface area contributed by atoms with Crippen molar-refractivity contribution in [1.82, 2.24) is 30.3 Å². The van der Waals surface area contributed by atoms with Crippen molar-refractivity contribution in [3.05, 3.63) is 11.6 Å². The first-order valence-corrected chi connectivity index (χ1v) is 11.9. The third kappa shape index (κ3) is 6.67. The number of aryl methyl sites for hydroxylation is 2. The standard InChI is InChI=1S/C22H41N7O/c1-4-23-22(25-17-19(18(2)3)28-13-15-30-16-14-28)24-11-8-10-21-27-26-20-9-6-5-7-12-29(20)21/h18-19H,4-17H2,1-3H3,(H2,23,24,25). The molecule has 0 spiro atoms. The molecule has 1 fully saturated rings. The van der Waals surface area contributed by atoms with Crippen LogP contribution in [0.5, 0.6) is 0 Å². The van der Waals surface area contributed by atoms with Gasteiger partial charge in [-0.05, 0) is 32.1 Å². The fraction of sp³-hybridized carbons (Fsp3) is 0.864. The van der Waals surface area contributed by atoms with E-state index in [0.717, 1.165) is 83.5 Å². The van der Waals surface area contributed by atoms with E-state index in [4.69, 9.17) is 9.73 Å². The van der Waals surface area contributed by atoms with Crippen LogP contribution in [0.4, 0.5) is 0 Å². The Bertz CT molecular complexity index is 652. The maximum atomic E-state index is 5.52. The molecule has 1 aromatic heterocycles. The van der Waals surface area contributed by atoms with Gasteiger partial charge in [0.1, 0.15) is 11.6 Å². The third-order valence-corrected chi connectivity index (χ3v) is 6.12. The molecule has 0 aromatic carbocycles. The van der Waals surface area contributed by atoms with E-state index in [1.165, 1.54) is 25.1 Å².